The molecular formula is C15H22N2O. The molecule has 1 rings (SSSR count). The van der Waals surface area contributed by atoms with E-state index in [1.54, 1.807) is 7.11 Å². The summed E-state index contributed by atoms with van der Waals surface area (Å²) in [4.78, 5) is 2.14. The van der Waals surface area contributed by atoms with Crippen LogP contribution in [0.5, 0.6) is 5.75 Å². The van der Waals surface area contributed by atoms with Gasteiger partial charge in [-0.15, -0.1) is 0 Å². The van der Waals surface area contributed by atoms with Crippen molar-refractivity contribution in [2.24, 2.45) is 0 Å². The molecule has 0 N–H and O–H groups in total. The Morgan fingerprint density at radius 2 is 1.89 bits per heavy atom. The van der Waals surface area contributed by atoms with Crippen LogP contribution in [0.1, 0.15) is 35.6 Å². The Balaban J connectivity index is 3.18. The third kappa shape index (κ3) is 3.24. The maximum Gasteiger partial charge on any atom is 0.123 e. The molecule has 0 fully saturated rings. The number of rotatable bonds is 5. The predicted molar refractivity (Wildman–Crippen MR) is 73.7 cm³/mol. The van der Waals surface area contributed by atoms with E-state index < -0.39 is 0 Å². The van der Waals surface area contributed by atoms with E-state index in [1.807, 2.05) is 14.1 Å². The lowest BCUT2D eigenvalue weighted by Crippen LogP contribution is -2.20. The van der Waals surface area contributed by atoms with Gasteiger partial charge >= 0.3 is 0 Å². The highest BCUT2D eigenvalue weighted by molar-refractivity contribution is 5.43. The van der Waals surface area contributed by atoms with Crippen LogP contribution in [0.3, 0.4) is 0 Å². The lowest BCUT2D eigenvalue weighted by molar-refractivity contribution is 0.276. The zero-order chi connectivity index (χ0) is 13.7. The molecule has 0 heterocycles. The van der Waals surface area contributed by atoms with Gasteiger partial charge in [-0.05, 0) is 51.6 Å². The first-order chi connectivity index (χ1) is 8.51. The van der Waals surface area contributed by atoms with Gasteiger partial charge in [0.15, 0.2) is 0 Å². The van der Waals surface area contributed by atoms with Crippen molar-refractivity contribution in [1.82, 2.24) is 4.90 Å². The maximum absolute atomic E-state index is 8.77. The second-order valence-electron chi connectivity index (χ2n) is 4.85. The molecule has 0 saturated heterocycles. The predicted octanol–water partition coefficient (Wildman–Crippen LogP) is 3.22. The average molecular weight is 246 g/mol. The molecule has 1 aromatic carbocycles. The number of hydrogen-bond acceptors (Lipinski definition) is 3. The van der Waals surface area contributed by atoms with Gasteiger partial charge in [-0.1, -0.05) is 6.07 Å². The minimum Gasteiger partial charge on any atom is -0.496 e. The number of hydrogen-bond donors (Lipinski definition) is 0. The highest BCUT2D eigenvalue weighted by Crippen LogP contribution is 2.33. The van der Waals surface area contributed by atoms with Crippen LogP contribution in [0.25, 0.3) is 0 Å². The van der Waals surface area contributed by atoms with Gasteiger partial charge in [0, 0.05) is 18.0 Å². The van der Waals surface area contributed by atoms with Crippen LogP contribution in [-0.2, 0) is 0 Å². The van der Waals surface area contributed by atoms with Gasteiger partial charge in [0.2, 0.25) is 0 Å². The molecule has 3 nitrogen and oxygen atoms in total. The Morgan fingerprint density at radius 3 is 2.39 bits per heavy atom. The molecule has 0 radical (unpaired) electrons. The Kier molecular flexibility index (Phi) is 5.18. The molecule has 0 aliphatic rings. The topological polar surface area (TPSA) is 36.3 Å². The molecule has 1 aromatic rings. The molecule has 0 aliphatic carbocycles. The molecule has 1 atom stereocenters. The van der Waals surface area contributed by atoms with Crippen molar-refractivity contribution in [3.8, 4) is 11.8 Å². The molecule has 0 bridgehead atoms. The fourth-order valence-corrected chi connectivity index (χ4v) is 2.14. The normalized spacial score (nSPS) is 12.3. The fourth-order valence-electron chi connectivity index (χ4n) is 2.14. The molecule has 0 spiro atoms. The van der Waals surface area contributed by atoms with Crippen molar-refractivity contribution in [3.63, 3.8) is 0 Å². The van der Waals surface area contributed by atoms with Crippen LogP contribution >= 0.6 is 0 Å². The van der Waals surface area contributed by atoms with Gasteiger partial charge in [0.1, 0.15) is 5.75 Å². The van der Waals surface area contributed by atoms with Crippen molar-refractivity contribution in [2.45, 2.75) is 32.7 Å². The summed E-state index contributed by atoms with van der Waals surface area (Å²) in [5, 5.41) is 8.77. The number of nitrogens with zero attached hydrogens (tertiary/aromatic N) is 2. The largest absolute Gasteiger partial charge is 0.496 e. The maximum atomic E-state index is 8.77. The summed E-state index contributed by atoms with van der Waals surface area (Å²) in [6, 6.07) is 6.69. The van der Waals surface area contributed by atoms with Crippen LogP contribution in [0.15, 0.2) is 12.1 Å². The van der Waals surface area contributed by atoms with Crippen molar-refractivity contribution in [3.05, 3.63) is 28.8 Å². The smallest absolute Gasteiger partial charge is 0.123 e. The molecule has 98 valence electrons. The summed E-state index contributed by atoms with van der Waals surface area (Å²) in [5.41, 5.74) is 3.66. The summed E-state index contributed by atoms with van der Waals surface area (Å²) in [6.45, 7) is 4.19. The Morgan fingerprint density at radius 1 is 1.28 bits per heavy atom. The highest BCUT2D eigenvalue weighted by atomic mass is 16.5. The van der Waals surface area contributed by atoms with E-state index in [0.717, 1.165) is 12.2 Å². The van der Waals surface area contributed by atoms with Crippen LogP contribution in [0.2, 0.25) is 0 Å². The molecule has 18 heavy (non-hydrogen) atoms. The third-order valence-electron chi connectivity index (χ3n) is 3.36. The fraction of sp³-hybridized carbons (Fsp3) is 0.533. The first-order valence-electron chi connectivity index (χ1n) is 6.19. The number of nitriles is 1. The minimum absolute atomic E-state index is 0.221. The van der Waals surface area contributed by atoms with E-state index in [1.165, 1.54) is 16.7 Å². The van der Waals surface area contributed by atoms with Crippen molar-refractivity contribution in [2.75, 3.05) is 21.2 Å². The van der Waals surface area contributed by atoms with Gasteiger partial charge in [0.25, 0.3) is 0 Å². The SMILES string of the molecule is COc1cc(C)c(C)cc1C(CCC#N)N(C)C. The zero-order valence-corrected chi connectivity index (χ0v) is 11.9. The van der Waals surface area contributed by atoms with Crippen LogP contribution < -0.4 is 4.74 Å². The van der Waals surface area contributed by atoms with Crippen LogP contribution in [0.4, 0.5) is 0 Å². The number of aryl methyl sites for hydroxylation is 2. The molecule has 3 heteroatoms. The van der Waals surface area contributed by atoms with E-state index >= 15 is 0 Å². The van der Waals surface area contributed by atoms with E-state index in [4.69, 9.17) is 10.00 Å². The Labute approximate surface area is 110 Å². The van der Waals surface area contributed by atoms with E-state index in [-0.39, 0.29) is 6.04 Å². The van der Waals surface area contributed by atoms with Gasteiger partial charge < -0.3 is 9.64 Å². The van der Waals surface area contributed by atoms with E-state index in [9.17, 15) is 0 Å². The summed E-state index contributed by atoms with van der Waals surface area (Å²) >= 11 is 0. The lowest BCUT2D eigenvalue weighted by Gasteiger charge is -2.26. The second kappa shape index (κ2) is 6.42. The standard InChI is InChI=1S/C15H22N2O/c1-11-9-13(15(18-5)10-12(11)2)14(17(3)4)7-6-8-16/h9-10,14H,6-7H2,1-5H3. The first kappa shape index (κ1) is 14.5. The summed E-state index contributed by atoms with van der Waals surface area (Å²) < 4.78 is 5.48. The Hall–Kier alpha value is -1.53. The summed E-state index contributed by atoms with van der Waals surface area (Å²) in [5.74, 6) is 0.912. The molecular weight excluding hydrogens is 224 g/mol. The number of benzene rings is 1. The third-order valence-corrected chi connectivity index (χ3v) is 3.36. The molecule has 1 unspecified atom stereocenters. The lowest BCUT2D eigenvalue weighted by atomic mass is 9.96. The molecule has 0 aliphatic heterocycles. The van der Waals surface area contributed by atoms with Crippen molar-refractivity contribution < 1.29 is 4.74 Å². The molecule has 0 aromatic heterocycles. The van der Waals surface area contributed by atoms with Gasteiger partial charge in [-0.2, -0.15) is 5.26 Å². The zero-order valence-electron chi connectivity index (χ0n) is 11.9. The number of ether oxygens (including phenoxy) is 1. The molecule has 0 saturated carbocycles. The second-order valence-corrected chi connectivity index (χ2v) is 4.85. The summed E-state index contributed by atoms with van der Waals surface area (Å²) in [6.07, 6.45) is 1.38. The Bertz CT molecular complexity index is 447. The summed E-state index contributed by atoms with van der Waals surface area (Å²) in [7, 11) is 5.78. The number of methoxy groups -OCH3 is 1. The van der Waals surface area contributed by atoms with Gasteiger partial charge in [-0.3, -0.25) is 0 Å². The van der Waals surface area contributed by atoms with E-state index in [0.29, 0.717) is 6.42 Å². The van der Waals surface area contributed by atoms with Crippen LogP contribution in [-0.4, -0.2) is 26.1 Å². The van der Waals surface area contributed by atoms with Crippen LogP contribution in [0, 0.1) is 25.2 Å². The van der Waals surface area contributed by atoms with Crippen molar-refractivity contribution in [1.29, 1.82) is 5.26 Å². The van der Waals surface area contributed by atoms with Gasteiger partial charge in [-0.25, -0.2) is 0 Å². The highest BCUT2D eigenvalue weighted by Gasteiger charge is 2.19. The van der Waals surface area contributed by atoms with E-state index in [2.05, 4.69) is 36.9 Å². The minimum atomic E-state index is 0.221. The quantitative estimate of drug-likeness (QED) is 0.800. The average Bonchev–Trinajstić information content (AvgIpc) is 2.33. The first-order valence-corrected chi connectivity index (χ1v) is 6.19. The monoisotopic (exact) mass is 246 g/mol. The van der Waals surface area contributed by atoms with Gasteiger partial charge in [0.05, 0.1) is 13.2 Å². The van der Waals surface area contributed by atoms with Crippen molar-refractivity contribution >= 4 is 0 Å². The molecule has 0 amide bonds.